The molecule has 0 unspecified atom stereocenters. The van der Waals surface area contributed by atoms with Gasteiger partial charge in [-0.25, -0.2) is 9.59 Å². The Morgan fingerprint density at radius 3 is 2.57 bits per heavy atom. The van der Waals surface area contributed by atoms with E-state index in [9.17, 15) is 9.59 Å². The fraction of sp³-hybridized carbons (Fsp3) is 0.0714. The molecular weight excluding hydrogens is 338 g/mol. The number of nitrogens with zero attached hydrogens (tertiary/aromatic N) is 1. The van der Waals surface area contributed by atoms with E-state index in [4.69, 9.17) is 5.11 Å². The zero-order valence-electron chi connectivity index (χ0n) is 10.8. The van der Waals surface area contributed by atoms with Crippen LogP contribution in [0.2, 0.25) is 0 Å². The number of carbonyl (C=O) groups is 2. The summed E-state index contributed by atoms with van der Waals surface area (Å²) in [6.07, 6.45) is 3.26. The van der Waals surface area contributed by atoms with Crippen molar-refractivity contribution in [1.82, 2.24) is 10.3 Å². The van der Waals surface area contributed by atoms with Gasteiger partial charge in [-0.1, -0.05) is 6.07 Å². The third kappa shape index (κ3) is 4.03. The van der Waals surface area contributed by atoms with Crippen LogP contribution < -0.4 is 10.6 Å². The minimum absolute atomic E-state index is 0.0171. The van der Waals surface area contributed by atoms with Crippen molar-refractivity contribution in [2.24, 2.45) is 0 Å². The van der Waals surface area contributed by atoms with Gasteiger partial charge in [-0.05, 0) is 45.8 Å². The highest BCUT2D eigenvalue weighted by molar-refractivity contribution is 9.10. The van der Waals surface area contributed by atoms with E-state index in [0.29, 0.717) is 11.0 Å². The number of benzene rings is 1. The van der Waals surface area contributed by atoms with Crippen LogP contribution in [0.4, 0.5) is 10.5 Å². The summed E-state index contributed by atoms with van der Waals surface area (Å²) in [6, 6.07) is 7.74. The molecule has 1 aromatic heterocycles. The van der Waals surface area contributed by atoms with Gasteiger partial charge in [-0.3, -0.25) is 4.98 Å². The minimum atomic E-state index is -1.11. The van der Waals surface area contributed by atoms with Gasteiger partial charge in [0.2, 0.25) is 0 Å². The molecule has 0 saturated heterocycles. The number of aromatic carboxylic acids is 1. The van der Waals surface area contributed by atoms with Gasteiger partial charge >= 0.3 is 12.0 Å². The molecule has 0 bridgehead atoms. The first kappa shape index (κ1) is 15.0. The van der Waals surface area contributed by atoms with Crippen molar-refractivity contribution >= 4 is 33.6 Å². The predicted octanol–water partition coefficient (Wildman–Crippen LogP) is 2.86. The number of anilines is 1. The van der Waals surface area contributed by atoms with Crippen LogP contribution in [0.5, 0.6) is 0 Å². The van der Waals surface area contributed by atoms with Crippen molar-refractivity contribution in [2.75, 3.05) is 5.32 Å². The van der Waals surface area contributed by atoms with E-state index in [1.54, 1.807) is 36.7 Å². The number of nitrogens with one attached hydrogen (secondary N) is 2. The first-order valence-electron chi connectivity index (χ1n) is 6.03. The Bertz CT molecular complexity index is 662. The molecule has 2 aromatic rings. The van der Waals surface area contributed by atoms with Crippen LogP contribution >= 0.6 is 15.9 Å². The molecule has 2 rings (SSSR count). The zero-order chi connectivity index (χ0) is 15.2. The van der Waals surface area contributed by atoms with Gasteiger partial charge in [0, 0.05) is 23.4 Å². The lowest BCUT2D eigenvalue weighted by Gasteiger charge is -2.11. The lowest BCUT2D eigenvalue weighted by atomic mass is 10.2. The van der Waals surface area contributed by atoms with Crippen LogP contribution in [0.25, 0.3) is 0 Å². The Hall–Kier alpha value is -2.41. The first-order valence-corrected chi connectivity index (χ1v) is 6.83. The van der Waals surface area contributed by atoms with Crippen molar-refractivity contribution in [3.05, 3.63) is 58.3 Å². The highest BCUT2D eigenvalue weighted by Gasteiger charge is 2.14. The molecule has 0 fully saturated rings. The van der Waals surface area contributed by atoms with Gasteiger partial charge in [0.15, 0.2) is 0 Å². The molecule has 0 aliphatic rings. The molecule has 0 saturated carbocycles. The lowest BCUT2D eigenvalue weighted by Crippen LogP contribution is -2.29. The van der Waals surface area contributed by atoms with E-state index in [-0.39, 0.29) is 11.3 Å². The average molecular weight is 350 g/mol. The summed E-state index contributed by atoms with van der Waals surface area (Å²) in [5.41, 5.74) is 1.13. The predicted molar refractivity (Wildman–Crippen MR) is 81.2 cm³/mol. The molecule has 21 heavy (non-hydrogen) atoms. The number of rotatable bonds is 4. The highest BCUT2D eigenvalue weighted by atomic mass is 79.9. The third-order valence-electron chi connectivity index (χ3n) is 2.68. The monoisotopic (exact) mass is 349 g/mol. The number of hydrogen-bond acceptors (Lipinski definition) is 3. The fourth-order valence-corrected chi connectivity index (χ4v) is 2.14. The molecule has 0 spiro atoms. The Morgan fingerprint density at radius 1 is 1.19 bits per heavy atom. The van der Waals surface area contributed by atoms with E-state index < -0.39 is 12.0 Å². The normalized spacial score (nSPS) is 9.95. The molecule has 0 aliphatic carbocycles. The zero-order valence-corrected chi connectivity index (χ0v) is 12.4. The van der Waals surface area contributed by atoms with Gasteiger partial charge in [0.05, 0.1) is 11.3 Å². The van der Waals surface area contributed by atoms with Crippen LogP contribution in [0, 0.1) is 0 Å². The van der Waals surface area contributed by atoms with E-state index in [0.717, 1.165) is 5.56 Å². The molecule has 3 N–H and O–H groups in total. The van der Waals surface area contributed by atoms with E-state index in [1.165, 1.54) is 6.07 Å². The van der Waals surface area contributed by atoms with E-state index >= 15 is 0 Å². The molecular formula is C14H12BrN3O3. The van der Waals surface area contributed by atoms with E-state index in [2.05, 4.69) is 31.5 Å². The summed E-state index contributed by atoms with van der Waals surface area (Å²) < 4.78 is 0.501. The summed E-state index contributed by atoms with van der Waals surface area (Å²) in [5.74, 6) is -1.11. The van der Waals surface area contributed by atoms with Crippen molar-refractivity contribution in [3.8, 4) is 0 Å². The standard InChI is InChI=1S/C14H12BrN3O3/c15-11-3-1-2-10(13(19)20)12(11)18-14(21)17-8-9-4-6-16-7-5-9/h1-7H,8H2,(H,19,20)(H2,17,18,21). The maximum absolute atomic E-state index is 11.9. The molecule has 2 amide bonds. The Kier molecular flexibility index (Phi) is 4.89. The van der Waals surface area contributed by atoms with Crippen LogP contribution in [-0.4, -0.2) is 22.1 Å². The summed E-state index contributed by atoms with van der Waals surface area (Å²) in [5, 5.41) is 14.3. The Balaban J connectivity index is 2.05. The molecule has 1 aromatic carbocycles. The smallest absolute Gasteiger partial charge is 0.337 e. The Morgan fingerprint density at radius 2 is 1.90 bits per heavy atom. The number of hydrogen-bond donors (Lipinski definition) is 3. The van der Waals surface area contributed by atoms with Crippen LogP contribution in [0.1, 0.15) is 15.9 Å². The molecule has 0 aliphatic heterocycles. The maximum atomic E-state index is 11.9. The van der Waals surface area contributed by atoms with Crippen LogP contribution in [0.3, 0.4) is 0 Å². The van der Waals surface area contributed by atoms with Gasteiger partial charge in [0.1, 0.15) is 0 Å². The summed E-state index contributed by atoms with van der Waals surface area (Å²) in [7, 11) is 0. The third-order valence-corrected chi connectivity index (χ3v) is 3.35. The van der Waals surface area contributed by atoms with Crippen molar-refractivity contribution in [3.63, 3.8) is 0 Å². The van der Waals surface area contributed by atoms with Gasteiger partial charge in [0.25, 0.3) is 0 Å². The number of para-hydroxylation sites is 1. The number of urea groups is 1. The van der Waals surface area contributed by atoms with E-state index in [1.807, 2.05) is 0 Å². The topological polar surface area (TPSA) is 91.3 Å². The van der Waals surface area contributed by atoms with Gasteiger partial charge in [-0.2, -0.15) is 0 Å². The number of halogens is 1. The second-order valence-electron chi connectivity index (χ2n) is 4.13. The second-order valence-corrected chi connectivity index (χ2v) is 4.99. The van der Waals surface area contributed by atoms with Gasteiger partial charge < -0.3 is 15.7 Å². The molecule has 108 valence electrons. The average Bonchev–Trinajstić information content (AvgIpc) is 2.48. The highest BCUT2D eigenvalue weighted by Crippen LogP contribution is 2.26. The first-order chi connectivity index (χ1) is 10.1. The molecule has 1 heterocycles. The van der Waals surface area contributed by atoms with Crippen molar-refractivity contribution < 1.29 is 14.7 Å². The number of carbonyl (C=O) groups excluding carboxylic acids is 1. The summed E-state index contributed by atoms with van der Waals surface area (Å²) in [4.78, 5) is 26.9. The lowest BCUT2D eigenvalue weighted by molar-refractivity contribution is 0.0698. The Labute approximate surface area is 129 Å². The molecule has 0 atom stereocenters. The number of amides is 2. The molecule has 7 heteroatoms. The van der Waals surface area contributed by atoms with Crippen molar-refractivity contribution in [1.29, 1.82) is 0 Å². The molecule has 0 radical (unpaired) electrons. The summed E-state index contributed by atoms with van der Waals surface area (Å²) in [6.45, 7) is 0.321. The SMILES string of the molecule is O=C(NCc1ccncc1)Nc1c(Br)cccc1C(=O)O. The molecule has 6 nitrogen and oxygen atoms in total. The fourth-order valence-electron chi connectivity index (χ4n) is 1.67. The van der Waals surface area contributed by atoms with Crippen molar-refractivity contribution in [2.45, 2.75) is 6.54 Å². The maximum Gasteiger partial charge on any atom is 0.337 e. The summed E-state index contributed by atoms with van der Waals surface area (Å²) >= 11 is 3.23. The van der Waals surface area contributed by atoms with Crippen LogP contribution in [-0.2, 0) is 6.54 Å². The quantitative estimate of drug-likeness (QED) is 0.791. The number of aromatic nitrogens is 1. The van der Waals surface area contributed by atoms with Crippen LogP contribution in [0.15, 0.2) is 47.2 Å². The number of carboxylic acid groups (broad SMARTS) is 1. The largest absolute Gasteiger partial charge is 0.478 e. The van der Waals surface area contributed by atoms with Gasteiger partial charge in [-0.15, -0.1) is 0 Å². The number of carboxylic acids is 1. The second kappa shape index (κ2) is 6.85. The number of pyridine rings is 1. The minimum Gasteiger partial charge on any atom is -0.478 e.